The SMILES string of the molecule is [CH]=CCCC1=CCC1. The van der Waals surface area contributed by atoms with E-state index in [9.17, 15) is 0 Å². The summed E-state index contributed by atoms with van der Waals surface area (Å²) in [4.78, 5) is 0. The standard InChI is InChI=1S/C8H11/c1-2-3-5-8-6-4-7-8/h1-2,6H,3-5,7H2. The maximum atomic E-state index is 5.20. The predicted molar refractivity (Wildman–Crippen MR) is 35.4 cm³/mol. The first kappa shape index (κ1) is 5.61. The summed E-state index contributed by atoms with van der Waals surface area (Å²) >= 11 is 0. The van der Waals surface area contributed by atoms with Crippen molar-refractivity contribution in [2.45, 2.75) is 25.7 Å². The molecule has 0 nitrogen and oxygen atoms in total. The fourth-order valence-corrected chi connectivity index (χ4v) is 0.844. The van der Waals surface area contributed by atoms with Crippen LogP contribution in [0.25, 0.3) is 0 Å². The highest BCUT2D eigenvalue weighted by Gasteiger charge is 2.02. The molecule has 43 valence electrons. The molecule has 0 aromatic rings. The van der Waals surface area contributed by atoms with Crippen molar-refractivity contribution in [3.8, 4) is 0 Å². The average molecular weight is 107 g/mol. The second-order valence-corrected chi connectivity index (χ2v) is 2.18. The third-order valence-corrected chi connectivity index (χ3v) is 1.53. The molecule has 0 N–H and O–H groups in total. The van der Waals surface area contributed by atoms with Gasteiger partial charge in [0.15, 0.2) is 0 Å². The first-order chi connectivity index (χ1) is 3.93. The van der Waals surface area contributed by atoms with E-state index in [1.807, 2.05) is 0 Å². The lowest BCUT2D eigenvalue weighted by atomic mass is 9.95. The minimum atomic E-state index is 1.05. The molecule has 0 amide bonds. The van der Waals surface area contributed by atoms with Crippen LogP contribution < -0.4 is 0 Å². The highest BCUT2D eigenvalue weighted by atomic mass is 14.1. The summed E-state index contributed by atoms with van der Waals surface area (Å²) in [5.74, 6) is 0. The van der Waals surface area contributed by atoms with Gasteiger partial charge in [-0.25, -0.2) is 0 Å². The van der Waals surface area contributed by atoms with Crippen LogP contribution in [-0.2, 0) is 0 Å². The quantitative estimate of drug-likeness (QED) is 0.486. The van der Waals surface area contributed by atoms with Gasteiger partial charge < -0.3 is 0 Å². The lowest BCUT2D eigenvalue weighted by molar-refractivity contribution is 0.787. The Balaban J connectivity index is 2.10. The van der Waals surface area contributed by atoms with Crippen LogP contribution in [0.3, 0.4) is 0 Å². The van der Waals surface area contributed by atoms with Gasteiger partial charge >= 0.3 is 0 Å². The van der Waals surface area contributed by atoms with E-state index in [0.29, 0.717) is 0 Å². The van der Waals surface area contributed by atoms with Gasteiger partial charge in [-0.1, -0.05) is 24.3 Å². The second-order valence-electron chi connectivity index (χ2n) is 2.18. The highest BCUT2D eigenvalue weighted by molar-refractivity contribution is 5.12. The van der Waals surface area contributed by atoms with Gasteiger partial charge in [-0.05, 0) is 25.7 Å². The van der Waals surface area contributed by atoms with Crippen molar-refractivity contribution in [2.75, 3.05) is 0 Å². The van der Waals surface area contributed by atoms with E-state index in [4.69, 9.17) is 6.58 Å². The van der Waals surface area contributed by atoms with E-state index in [1.165, 1.54) is 19.3 Å². The molecule has 0 atom stereocenters. The molecule has 0 unspecified atom stereocenters. The highest BCUT2D eigenvalue weighted by Crippen LogP contribution is 2.22. The molecule has 0 fully saturated rings. The number of allylic oxidation sites excluding steroid dienone is 3. The molecule has 0 saturated heterocycles. The molecule has 1 radical (unpaired) electrons. The molecule has 1 rings (SSSR count). The fraction of sp³-hybridized carbons (Fsp3) is 0.500. The molecular weight excluding hydrogens is 96.1 g/mol. The molecule has 0 aromatic carbocycles. The zero-order valence-corrected chi connectivity index (χ0v) is 5.06. The molecular formula is C8H11. The third kappa shape index (κ3) is 1.22. The molecule has 1 aliphatic rings. The van der Waals surface area contributed by atoms with Crippen LogP contribution in [0.2, 0.25) is 0 Å². The molecule has 1 aliphatic carbocycles. The van der Waals surface area contributed by atoms with Gasteiger partial charge in [0.1, 0.15) is 0 Å². The minimum absolute atomic E-state index is 1.05. The lowest BCUT2D eigenvalue weighted by Gasteiger charge is -2.11. The van der Waals surface area contributed by atoms with E-state index in [2.05, 4.69) is 6.08 Å². The zero-order valence-electron chi connectivity index (χ0n) is 5.06. The summed E-state index contributed by atoms with van der Waals surface area (Å²) in [5, 5.41) is 0. The fourth-order valence-electron chi connectivity index (χ4n) is 0.844. The number of hydrogen-bond donors (Lipinski definition) is 0. The summed E-state index contributed by atoms with van der Waals surface area (Å²) in [6.45, 7) is 5.20. The van der Waals surface area contributed by atoms with Crippen molar-refractivity contribution >= 4 is 0 Å². The Morgan fingerprint density at radius 1 is 1.75 bits per heavy atom. The molecule has 0 bridgehead atoms. The van der Waals surface area contributed by atoms with Gasteiger partial charge in [-0.2, -0.15) is 0 Å². The van der Waals surface area contributed by atoms with E-state index < -0.39 is 0 Å². The van der Waals surface area contributed by atoms with Crippen molar-refractivity contribution in [1.29, 1.82) is 0 Å². The maximum absolute atomic E-state index is 5.20. The normalized spacial score (nSPS) is 16.8. The molecule has 0 spiro atoms. The van der Waals surface area contributed by atoms with Crippen LogP contribution in [0, 0.1) is 6.58 Å². The topological polar surface area (TPSA) is 0 Å². The molecule has 0 heterocycles. The first-order valence-corrected chi connectivity index (χ1v) is 3.15. The van der Waals surface area contributed by atoms with Crippen molar-refractivity contribution < 1.29 is 0 Å². The van der Waals surface area contributed by atoms with E-state index in [1.54, 1.807) is 11.6 Å². The number of rotatable bonds is 3. The molecule has 0 aromatic heterocycles. The monoisotopic (exact) mass is 107 g/mol. The van der Waals surface area contributed by atoms with Crippen molar-refractivity contribution in [2.24, 2.45) is 0 Å². The maximum Gasteiger partial charge on any atom is -0.0285 e. The minimum Gasteiger partial charge on any atom is -0.0850 e. The third-order valence-electron chi connectivity index (χ3n) is 1.53. The van der Waals surface area contributed by atoms with Gasteiger partial charge in [-0.15, -0.1) is 0 Å². The molecule has 0 aliphatic heterocycles. The van der Waals surface area contributed by atoms with Crippen molar-refractivity contribution in [3.05, 3.63) is 24.3 Å². The van der Waals surface area contributed by atoms with Crippen LogP contribution in [0.15, 0.2) is 17.7 Å². The zero-order chi connectivity index (χ0) is 5.82. The van der Waals surface area contributed by atoms with Crippen LogP contribution in [0.4, 0.5) is 0 Å². The van der Waals surface area contributed by atoms with Crippen LogP contribution in [-0.4, -0.2) is 0 Å². The van der Waals surface area contributed by atoms with E-state index >= 15 is 0 Å². The Kier molecular flexibility index (Phi) is 1.90. The van der Waals surface area contributed by atoms with E-state index in [-0.39, 0.29) is 0 Å². The average Bonchev–Trinajstić information content (AvgIpc) is 1.63. The Bertz CT molecular complexity index is 109. The lowest BCUT2D eigenvalue weighted by Crippen LogP contribution is -1.91. The summed E-state index contributed by atoms with van der Waals surface area (Å²) in [7, 11) is 0. The van der Waals surface area contributed by atoms with Gasteiger partial charge in [0.05, 0.1) is 0 Å². The molecule has 0 saturated carbocycles. The van der Waals surface area contributed by atoms with Gasteiger partial charge in [0.25, 0.3) is 0 Å². The Morgan fingerprint density at radius 2 is 2.50 bits per heavy atom. The predicted octanol–water partition coefficient (Wildman–Crippen LogP) is 2.48. The molecule has 0 heteroatoms. The smallest absolute Gasteiger partial charge is 0.0285 e. The second kappa shape index (κ2) is 2.71. The summed E-state index contributed by atoms with van der Waals surface area (Å²) in [6, 6.07) is 0. The van der Waals surface area contributed by atoms with E-state index in [0.717, 1.165) is 6.42 Å². The van der Waals surface area contributed by atoms with Gasteiger partial charge in [0, 0.05) is 0 Å². The Morgan fingerprint density at radius 3 is 2.88 bits per heavy atom. The van der Waals surface area contributed by atoms with Crippen molar-refractivity contribution in [3.63, 3.8) is 0 Å². The summed E-state index contributed by atoms with van der Waals surface area (Å²) in [6.07, 6.45) is 8.87. The van der Waals surface area contributed by atoms with Gasteiger partial charge in [-0.3, -0.25) is 0 Å². The summed E-state index contributed by atoms with van der Waals surface area (Å²) in [5.41, 5.74) is 1.59. The van der Waals surface area contributed by atoms with Gasteiger partial charge in [0.2, 0.25) is 0 Å². The summed E-state index contributed by atoms with van der Waals surface area (Å²) < 4.78 is 0. The first-order valence-electron chi connectivity index (χ1n) is 3.15. The largest absolute Gasteiger partial charge is 0.0850 e. The van der Waals surface area contributed by atoms with Crippen molar-refractivity contribution in [1.82, 2.24) is 0 Å². The molecule has 8 heavy (non-hydrogen) atoms. The van der Waals surface area contributed by atoms with Crippen LogP contribution >= 0.6 is 0 Å². The Labute approximate surface area is 50.9 Å². The van der Waals surface area contributed by atoms with Crippen LogP contribution in [0.5, 0.6) is 0 Å². The number of hydrogen-bond acceptors (Lipinski definition) is 0. The van der Waals surface area contributed by atoms with Crippen LogP contribution in [0.1, 0.15) is 25.7 Å². The Hall–Kier alpha value is -0.520.